The van der Waals surface area contributed by atoms with Crippen LogP contribution < -0.4 is 119 Å². The van der Waals surface area contributed by atoms with Crippen molar-refractivity contribution in [2.24, 2.45) is 0 Å². The third-order valence-corrected chi connectivity index (χ3v) is 36.5. The Morgan fingerprint density at radius 1 is 0.296 bits per heavy atom. The molecule has 0 atom stereocenters. The van der Waals surface area contributed by atoms with E-state index < -0.39 is 24.2 Å². The number of anilines is 11. The first-order valence-corrected chi connectivity index (χ1v) is 47.2. The minimum Gasteiger partial charge on any atom is -0.458 e. The molecule has 0 fully saturated rings. The fraction of sp³-hybridized carbons (Fsp3) is 0.106. The summed E-state index contributed by atoms with van der Waals surface area (Å²) in [6, 6.07) is 101. The summed E-state index contributed by atoms with van der Waals surface area (Å²) in [5.41, 5.74) is 30.0. The second-order valence-corrected chi connectivity index (χ2v) is 45.8. The maximum absolute atomic E-state index is 7.93. The normalized spacial score (nSPS) is 16.1. The number of hydrogen-bond acceptors (Lipinski definition) is 8. The molecule has 14 aromatic carbocycles. The van der Waals surface area contributed by atoms with Crippen molar-refractivity contribution in [2.45, 2.75) is 66.0 Å². The van der Waals surface area contributed by atoms with Crippen LogP contribution in [0.15, 0.2) is 267 Å². The summed E-state index contributed by atoms with van der Waals surface area (Å²) in [5.74, 6) is 6.44. The maximum Gasteiger partial charge on any atom is 0.260 e. The minimum absolute atomic E-state index is 0.0788. The first-order chi connectivity index (χ1) is 52.5. The van der Waals surface area contributed by atoms with E-state index in [1.807, 2.05) is 0 Å². The Morgan fingerprint density at radius 2 is 0.704 bits per heavy atom. The van der Waals surface area contributed by atoms with Crippen molar-refractivity contribution in [1.82, 2.24) is 0 Å². The van der Waals surface area contributed by atoms with Crippen molar-refractivity contribution in [1.29, 1.82) is 0 Å². The molecule has 0 aliphatic carbocycles. The molecule has 14 aromatic rings. The molecule has 0 saturated heterocycles. The van der Waals surface area contributed by atoms with Gasteiger partial charge in [0.25, 0.3) is 20.1 Å². The Bertz CT molecular complexity index is 6260. The van der Waals surface area contributed by atoms with Gasteiger partial charge >= 0.3 is 0 Å². The number of rotatable bonds is 4. The molecule has 23 rings (SSSR count). The summed E-state index contributed by atoms with van der Waals surface area (Å²) in [6.45, 7) is 21.1. The number of aryl methyl sites for hydroxylation is 3. The van der Waals surface area contributed by atoms with Crippen molar-refractivity contribution < 1.29 is 18.9 Å². The van der Waals surface area contributed by atoms with Crippen molar-refractivity contribution in [3.8, 4) is 46.0 Å². The van der Waals surface area contributed by atoms with E-state index >= 15 is 0 Å². The third-order valence-electron chi connectivity index (χ3n) is 25.8. The molecular weight excluding hydrogens is 1370 g/mol. The second-order valence-electron chi connectivity index (χ2n) is 32.9. The fourth-order valence-corrected chi connectivity index (χ4v) is 30.3. The lowest BCUT2D eigenvalue weighted by atomic mass is 9.30. The van der Waals surface area contributed by atoms with Crippen LogP contribution >= 0.6 is 0 Å². The van der Waals surface area contributed by atoms with Crippen LogP contribution in [0.2, 0.25) is 39.3 Å². The Hall–Kier alpha value is -11.7. The largest absolute Gasteiger partial charge is 0.458 e. The van der Waals surface area contributed by atoms with Crippen molar-refractivity contribution >= 4 is 187 Å². The summed E-state index contributed by atoms with van der Waals surface area (Å²) in [5, 5.41) is 12.8. The smallest absolute Gasteiger partial charge is 0.260 e. The van der Waals surface area contributed by atoms with Crippen LogP contribution in [0.3, 0.4) is 0 Å². The average molecular weight is 1440 g/mol. The lowest BCUT2D eigenvalue weighted by Crippen LogP contribution is -2.64. The van der Waals surface area contributed by atoms with E-state index in [0.29, 0.717) is 0 Å². The van der Waals surface area contributed by atoms with Crippen LogP contribution in [0.5, 0.6) is 46.0 Å². The first kappa shape index (κ1) is 62.5. The van der Waals surface area contributed by atoms with Gasteiger partial charge < -0.3 is 39.0 Å². The van der Waals surface area contributed by atoms with Crippen LogP contribution in [0.1, 0.15) is 39.3 Å². The number of nitrogens with zero attached hydrogens (tertiary/aromatic N) is 3. The lowest BCUT2D eigenvalue weighted by Gasteiger charge is -2.44. The van der Waals surface area contributed by atoms with E-state index in [4.69, 9.17) is 18.9 Å². The molecule has 0 unspecified atom stereocenters. The number of para-hydroxylation sites is 6. The van der Waals surface area contributed by atoms with Crippen molar-refractivity contribution in [2.75, 3.05) is 20.0 Å². The summed E-state index contributed by atoms with van der Waals surface area (Å²) in [7, 11) is -6.36. The monoisotopic (exact) mass is 1440 g/mol. The van der Waals surface area contributed by atoms with Gasteiger partial charge in [-0.15, -0.1) is 0 Å². The summed E-state index contributed by atoms with van der Waals surface area (Å²) in [6.07, 6.45) is 0. The number of fused-ring (bicyclic) bond motifs is 18. The Morgan fingerprint density at radius 3 is 1.23 bits per heavy atom. The van der Waals surface area contributed by atoms with Gasteiger partial charge in [0, 0.05) is 81.1 Å². The number of benzene rings is 14. The van der Waals surface area contributed by atoms with E-state index in [2.05, 4.69) is 347 Å². The van der Waals surface area contributed by atoms with E-state index in [9.17, 15) is 0 Å². The molecular formula is C94H73B3N4O4Si3. The third kappa shape index (κ3) is 8.42. The summed E-state index contributed by atoms with van der Waals surface area (Å²) in [4.78, 5) is 7.56. The number of ether oxygens (including phenoxy) is 4. The van der Waals surface area contributed by atoms with Gasteiger partial charge in [0.1, 0.15) is 70.2 Å². The zero-order valence-corrected chi connectivity index (χ0v) is 64.7. The maximum atomic E-state index is 7.93. The molecule has 0 bridgehead atoms. The van der Waals surface area contributed by atoms with Gasteiger partial charge in [-0.05, 0) is 174 Å². The molecule has 108 heavy (non-hydrogen) atoms. The molecule has 514 valence electrons. The fourth-order valence-electron chi connectivity index (χ4n) is 21.1. The van der Waals surface area contributed by atoms with Gasteiger partial charge in [-0.25, -0.2) is 0 Å². The Labute approximate surface area is 634 Å². The second kappa shape index (κ2) is 22.0. The topological polar surface area (TPSA) is 58.7 Å². The quantitative estimate of drug-likeness (QED) is 0.175. The average Bonchev–Trinajstić information content (AvgIpc) is 0.680. The van der Waals surface area contributed by atoms with Crippen molar-refractivity contribution in [3.05, 3.63) is 300 Å². The SMILES string of the molecule is Cc1cc(C)c(N2c3cc4c(cc3B3c5cc6c(cc5Oc5cc(C7c8ccccc8[Si](C)(C)c8ccccc87)cc2c53)Oc2cc(N3c5ccccc5[Si](C)(C)c5ccccc53)cc3c2B6c2ccccc2O3)B2c3ccccc3Oc3cc(N5c6ccccc6[Si](C)(C)c6ccccc65)cc(c32)N4)c(C)c1. The highest BCUT2D eigenvalue weighted by molar-refractivity contribution is 7.05. The summed E-state index contributed by atoms with van der Waals surface area (Å²) < 4.78 is 30.1. The molecule has 1 N–H and O–H groups in total. The van der Waals surface area contributed by atoms with Gasteiger partial charge in [0.2, 0.25) is 0 Å². The lowest BCUT2D eigenvalue weighted by molar-refractivity contribution is 0.456. The van der Waals surface area contributed by atoms with E-state index in [-0.39, 0.29) is 26.1 Å². The number of hydrogen-bond donors (Lipinski definition) is 1. The zero-order chi connectivity index (χ0) is 72.3. The van der Waals surface area contributed by atoms with Gasteiger partial charge in [-0.3, -0.25) is 0 Å². The molecule has 0 saturated carbocycles. The molecule has 9 aliphatic heterocycles. The van der Waals surface area contributed by atoms with Crippen LogP contribution in [-0.2, 0) is 0 Å². The molecule has 0 aromatic heterocycles. The highest BCUT2D eigenvalue weighted by atomic mass is 28.3. The molecule has 9 heterocycles. The highest BCUT2D eigenvalue weighted by Crippen LogP contribution is 2.52. The predicted octanol–water partition coefficient (Wildman–Crippen LogP) is 14.0. The molecule has 0 radical (unpaired) electrons. The van der Waals surface area contributed by atoms with Crippen LogP contribution in [0.25, 0.3) is 0 Å². The van der Waals surface area contributed by atoms with Gasteiger partial charge in [-0.1, -0.05) is 237 Å². The standard InChI is InChI=1S/C94H73B3N4O4Si3/c1-54-42-55(2)94(56(3)43-54)101-74-52-68-64(95-62-28-12-18-34-76(62)102-81-47-58(46-69(98-68)91(81)95)99-70-30-14-22-38-86(70)107(6,7)87-39-23-15-31-71(87)99)50-65(74)97-67-51-66-78(53-79(67)104-80-45-57(44-75(101)92(80)97)90-60-26-10-20-36-84(60)106(4,5)85-37-21-11-27-61(85)90)105-83-49-59(48-82-93(83)96(66)63-29-13-19-35-77(63)103-82)100-72-32-16-24-40-88(72)108(8,9)89-41-25-17-33-73(89)100/h10-53,90,98H,1-9H3. The number of nitrogens with one attached hydrogen (secondary N) is 1. The highest BCUT2D eigenvalue weighted by Gasteiger charge is 2.51. The zero-order valence-electron chi connectivity index (χ0n) is 61.7. The van der Waals surface area contributed by atoms with E-state index in [0.717, 1.165) is 124 Å². The van der Waals surface area contributed by atoms with Gasteiger partial charge in [-0.2, -0.15) is 0 Å². The Kier molecular flexibility index (Phi) is 12.7. The van der Waals surface area contributed by atoms with Crippen LogP contribution in [0.4, 0.5) is 62.6 Å². The molecule has 14 heteroatoms. The predicted molar refractivity (Wildman–Crippen MR) is 459 cm³/mol. The van der Waals surface area contributed by atoms with Gasteiger partial charge in [0.15, 0.2) is 0 Å². The molecule has 9 aliphatic rings. The van der Waals surface area contributed by atoms with E-state index in [1.165, 1.54) is 98.2 Å². The molecule has 0 amide bonds. The van der Waals surface area contributed by atoms with Crippen molar-refractivity contribution in [3.63, 3.8) is 0 Å². The first-order valence-electron chi connectivity index (χ1n) is 38.2. The van der Waals surface area contributed by atoms with Crippen LogP contribution in [-0.4, -0.2) is 44.4 Å². The summed E-state index contributed by atoms with van der Waals surface area (Å²) >= 11 is 0. The minimum atomic E-state index is -2.16. The molecule has 0 spiro atoms. The van der Waals surface area contributed by atoms with Crippen LogP contribution in [0, 0.1) is 20.8 Å². The molecule has 8 nitrogen and oxygen atoms in total. The van der Waals surface area contributed by atoms with Gasteiger partial charge in [0.05, 0.1) is 17.1 Å². The van der Waals surface area contributed by atoms with E-state index in [1.54, 1.807) is 0 Å². The Balaban J connectivity index is 0.773.